The molecule has 0 radical (unpaired) electrons. The number of aliphatic hydroxyl groups is 7. The molecule has 2 aliphatic heterocycles. The first-order valence-electron chi connectivity index (χ1n) is 9.75. The predicted molar refractivity (Wildman–Crippen MR) is 99.2 cm³/mol. The number of aliphatic hydroxyl groups excluding tert-OH is 7. The second kappa shape index (κ2) is 10.6. The lowest BCUT2D eigenvalue weighted by atomic mass is 9.98. The molecule has 32 heavy (non-hydrogen) atoms. The van der Waals surface area contributed by atoms with Crippen LogP contribution in [0.4, 0.5) is 5.69 Å². The lowest BCUT2D eigenvalue weighted by molar-refractivity contribution is -0.991. The SMILES string of the molecule is [O-][NH+](O)c1ccc(O[C@@H]2O[C@H](CO[C@@H]3O[C@@H](CO)[C@H](O)[C@H](O)[C@H]3O)[C@@H](O)[C@@H](O)[C@H]2O)cc1. The fraction of sp³-hybridized carbons (Fsp3) is 0.667. The van der Waals surface area contributed by atoms with Crippen LogP contribution in [-0.2, 0) is 14.2 Å². The number of hydrogen-bond donors (Lipinski definition) is 9. The zero-order valence-corrected chi connectivity index (χ0v) is 16.6. The van der Waals surface area contributed by atoms with Crippen molar-refractivity contribution < 1.29 is 65.1 Å². The van der Waals surface area contributed by atoms with Crippen LogP contribution in [0.1, 0.15) is 0 Å². The van der Waals surface area contributed by atoms with Gasteiger partial charge in [0.1, 0.15) is 54.6 Å². The highest BCUT2D eigenvalue weighted by atomic mass is 16.8. The molecular weight excluding hydrogens is 438 g/mol. The minimum atomic E-state index is -1.70. The van der Waals surface area contributed by atoms with Crippen molar-refractivity contribution in [3.8, 4) is 5.75 Å². The van der Waals surface area contributed by atoms with Gasteiger partial charge in [-0.1, -0.05) is 0 Å². The van der Waals surface area contributed by atoms with Crippen LogP contribution in [0.25, 0.3) is 0 Å². The zero-order valence-electron chi connectivity index (χ0n) is 16.6. The molecule has 14 heteroatoms. The molecule has 2 fully saturated rings. The summed E-state index contributed by atoms with van der Waals surface area (Å²) in [5, 5.41) is 88.1. The third kappa shape index (κ3) is 5.35. The number of benzene rings is 1. The molecule has 3 rings (SSSR count). The van der Waals surface area contributed by atoms with Gasteiger partial charge >= 0.3 is 0 Å². The summed E-state index contributed by atoms with van der Waals surface area (Å²) in [5.74, 6) is 0.122. The summed E-state index contributed by atoms with van der Waals surface area (Å²) in [6, 6.07) is 5.16. The maximum absolute atomic E-state index is 10.9. The Kier molecular flexibility index (Phi) is 8.34. The standard InChI is InChI=1S/C18H27NO13/c20-5-9-11(21)13(23)15(25)17(31-9)29-6-10-12(22)14(24)16(26)18(32-10)30-8-3-1-7(2-4-8)19(27)28/h1-4,9-27H,5-6H2/t9-,10+,11-,12+,13-,14+,15+,16+,17+,18+/m0/s1. The molecule has 1 aromatic carbocycles. The van der Waals surface area contributed by atoms with E-state index < -0.39 is 79.9 Å². The van der Waals surface area contributed by atoms with Gasteiger partial charge < -0.3 is 59.9 Å². The highest BCUT2D eigenvalue weighted by Crippen LogP contribution is 2.27. The van der Waals surface area contributed by atoms with Gasteiger partial charge in [-0.05, 0) is 12.1 Å². The largest absolute Gasteiger partial charge is 0.595 e. The fourth-order valence-electron chi connectivity index (χ4n) is 3.36. The van der Waals surface area contributed by atoms with E-state index in [0.29, 0.717) is 0 Å². The number of quaternary nitrogens is 1. The topological polar surface area (TPSA) is 226 Å². The normalized spacial score (nSPS) is 41.3. The maximum atomic E-state index is 10.9. The van der Waals surface area contributed by atoms with Gasteiger partial charge in [-0.3, -0.25) is 0 Å². The number of hydrogen-bond acceptors (Lipinski definition) is 13. The third-order valence-corrected chi connectivity index (χ3v) is 5.30. The third-order valence-electron chi connectivity index (χ3n) is 5.30. The monoisotopic (exact) mass is 465 g/mol. The lowest BCUT2D eigenvalue weighted by Crippen LogP contribution is -2.99. The van der Waals surface area contributed by atoms with Crippen LogP contribution in [0.5, 0.6) is 5.75 Å². The maximum Gasteiger partial charge on any atom is 0.229 e. The van der Waals surface area contributed by atoms with Crippen LogP contribution in [0.15, 0.2) is 24.3 Å². The fourth-order valence-corrected chi connectivity index (χ4v) is 3.36. The first-order valence-corrected chi connectivity index (χ1v) is 9.75. The summed E-state index contributed by atoms with van der Waals surface area (Å²) in [4.78, 5) is 0. The average Bonchev–Trinajstić information content (AvgIpc) is 2.78. The first-order chi connectivity index (χ1) is 15.1. The molecule has 0 saturated carbocycles. The summed E-state index contributed by atoms with van der Waals surface area (Å²) in [6.07, 6.45) is -15.3. The summed E-state index contributed by atoms with van der Waals surface area (Å²) >= 11 is 0. The van der Waals surface area contributed by atoms with Gasteiger partial charge in [0, 0.05) is 12.1 Å². The van der Waals surface area contributed by atoms with E-state index in [0.717, 1.165) is 0 Å². The zero-order chi connectivity index (χ0) is 23.6. The van der Waals surface area contributed by atoms with Crippen molar-refractivity contribution in [1.29, 1.82) is 0 Å². The molecule has 1 unspecified atom stereocenters. The Morgan fingerprint density at radius 3 is 1.88 bits per heavy atom. The molecule has 11 atom stereocenters. The van der Waals surface area contributed by atoms with E-state index >= 15 is 0 Å². The minimum Gasteiger partial charge on any atom is -0.595 e. The van der Waals surface area contributed by atoms with E-state index in [9.17, 15) is 41.0 Å². The molecule has 0 amide bonds. The van der Waals surface area contributed by atoms with Crippen molar-refractivity contribution in [2.24, 2.45) is 0 Å². The van der Waals surface area contributed by atoms with Gasteiger partial charge in [0.25, 0.3) is 0 Å². The number of ether oxygens (including phenoxy) is 4. The lowest BCUT2D eigenvalue weighted by Gasteiger charge is -2.42. The Balaban J connectivity index is 1.63. The van der Waals surface area contributed by atoms with E-state index in [2.05, 4.69) is 0 Å². The van der Waals surface area contributed by atoms with E-state index in [1.54, 1.807) is 0 Å². The van der Waals surface area contributed by atoms with Crippen molar-refractivity contribution in [1.82, 2.24) is 0 Å². The molecule has 0 bridgehead atoms. The quantitative estimate of drug-likeness (QED) is 0.172. The Bertz CT molecular complexity index is 719. The van der Waals surface area contributed by atoms with Crippen molar-refractivity contribution in [3.63, 3.8) is 0 Å². The van der Waals surface area contributed by atoms with Gasteiger partial charge in [0.2, 0.25) is 6.29 Å². The van der Waals surface area contributed by atoms with Crippen LogP contribution >= 0.6 is 0 Å². The molecule has 14 nitrogen and oxygen atoms in total. The second-order valence-corrected chi connectivity index (χ2v) is 7.49. The summed E-state index contributed by atoms with van der Waals surface area (Å²) < 4.78 is 21.4. The van der Waals surface area contributed by atoms with Gasteiger partial charge in [0.05, 0.1) is 13.2 Å². The molecule has 9 N–H and O–H groups in total. The van der Waals surface area contributed by atoms with Crippen LogP contribution < -0.4 is 9.96 Å². The van der Waals surface area contributed by atoms with E-state index in [1.807, 2.05) is 0 Å². The van der Waals surface area contributed by atoms with Gasteiger partial charge in [-0.15, -0.1) is 0 Å². The van der Waals surface area contributed by atoms with E-state index in [-0.39, 0.29) is 11.4 Å². The van der Waals surface area contributed by atoms with E-state index in [4.69, 9.17) is 24.2 Å². The van der Waals surface area contributed by atoms with Crippen LogP contribution in [-0.4, -0.2) is 116 Å². The molecule has 0 spiro atoms. The summed E-state index contributed by atoms with van der Waals surface area (Å²) in [6.45, 7) is -1.15. The van der Waals surface area contributed by atoms with E-state index in [1.165, 1.54) is 24.3 Å². The van der Waals surface area contributed by atoms with Gasteiger partial charge in [-0.25, -0.2) is 5.21 Å². The minimum absolute atomic E-state index is 0.00345. The highest BCUT2D eigenvalue weighted by molar-refractivity contribution is 5.35. The van der Waals surface area contributed by atoms with Crippen LogP contribution in [0.3, 0.4) is 0 Å². The molecule has 1 aromatic rings. The van der Waals surface area contributed by atoms with Crippen LogP contribution in [0, 0.1) is 5.21 Å². The van der Waals surface area contributed by atoms with Crippen molar-refractivity contribution in [2.45, 2.75) is 61.4 Å². The smallest absolute Gasteiger partial charge is 0.229 e. The molecule has 0 aromatic heterocycles. The van der Waals surface area contributed by atoms with Crippen molar-refractivity contribution in [3.05, 3.63) is 29.5 Å². The van der Waals surface area contributed by atoms with Crippen molar-refractivity contribution in [2.75, 3.05) is 13.2 Å². The average molecular weight is 465 g/mol. The Morgan fingerprint density at radius 1 is 0.781 bits per heavy atom. The number of rotatable bonds is 7. The van der Waals surface area contributed by atoms with Gasteiger partial charge in [0.15, 0.2) is 12.0 Å². The molecular formula is C18H27NO13. The van der Waals surface area contributed by atoms with Gasteiger partial charge in [-0.2, -0.15) is 5.23 Å². The highest BCUT2D eigenvalue weighted by Gasteiger charge is 2.47. The molecule has 182 valence electrons. The summed E-state index contributed by atoms with van der Waals surface area (Å²) in [5.41, 5.74) is 0.00345. The first kappa shape index (κ1) is 25.1. The molecule has 0 aliphatic carbocycles. The Morgan fingerprint density at radius 2 is 1.31 bits per heavy atom. The Hall–Kier alpha value is -1.50. The van der Waals surface area contributed by atoms with Crippen molar-refractivity contribution >= 4 is 5.69 Å². The summed E-state index contributed by atoms with van der Waals surface area (Å²) in [7, 11) is 0. The van der Waals surface area contributed by atoms with Crippen LogP contribution in [0.2, 0.25) is 0 Å². The molecule has 2 heterocycles. The predicted octanol–water partition coefficient (Wildman–Crippen LogP) is -4.91. The Labute approximate surface area is 181 Å². The number of nitrogens with one attached hydrogen (secondary N) is 1. The second-order valence-electron chi connectivity index (χ2n) is 7.49. The molecule has 2 aliphatic rings. The molecule has 2 saturated heterocycles.